The molecule has 4 aromatic carbocycles. The van der Waals surface area contributed by atoms with Crippen LogP contribution in [0.4, 0.5) is 0 Å². The van der Waals surface area contributed by atoms with Gasteiger partial charge in [-0.3, -0.25) is 0 Å². The Morgan fingerprint density at radius 2 is 0.444 bits per heavy atom. The van der Waals surface area contributed by atoms with E-state index in [2.05, 4.69) is 0 Å². The van der Waals surface area contributed by atoms with Crippen molar-refractivity contribution >= 4 is 0 Å². The van der Waals surface area contributed by atoms with Crippen LogP contribution in [0.5, 0.6) is 69.0 Å². The predicted molar refractivity (Wildman–Crippen MR) is 126 cm³/mol. The summed E-state index contributed by atoms with van der Waals surface area (Å²) in [7, 11) is 0. The summed E-state index contributed by atoms with van der Waals surface area (Å²) >= 11 is 0. The molecule has 192 valence electrons. The predicted octanol–water partition coefficient (Wildman–Crippen LogP) is 3.21. The average molecular weight is 504 g/mol. The normalized spacial score (nSPS) is 9.33. The molecule has 12 N–H and O–H groups in total. The highest BCUT2D eigenvalue weighted by atomic mass is 16.3. The molecule has 0 heterocycles. The highest BCUT2D eigenvalue weighted by Crippen LogP contribution is 2.28. The van der Waals surface area contributed by atoms with E-state index in [4.69, 9.17) is 61.3 Å². The number of aromatic hydroxyl groups is 12. The minimum atomic E-state index is -0.310. The van der Waals surface area contributed by atoms with Gasteiger partial charge >= 0.3 is 0 Å². The van der Waals surface area contributed by atoms with E-state index < -0.39 is 0 Å². The van der Waals surface area contributed by atoms with Crippen molar-refractivity contribution in [3.63, 3.8) is 0 Å². The Morgan fingerprint density at radius 1 is 0.222 bits per heavy atom. The van der Waals surface area contributed by atoms with Crippen molar-refractivity contribution in [3.8, 4) is 69.0 Å². The van der Waals surface area contributed by atoms with Gasteiger partial charge in [0.1, 0.15) is 46.0 Å². The molecule has 36 heavy (non-hydrogen) atoms. The highest BCUT2D eigenvalue weighted by molar-refractivity contribution is 5.43. The van der Waals surface area contributed by atoms with Gasteiger partial charge in [0.25, 0.3) is 0 Å². The minimum Gasteiger partial charge on any atom is -0.508 e. The van der Waals surface area contributed by atoms with E-state index in [9.17, 15) is 0 Å². The van der Waals surface area contributed by atoms with E-state index >= 15 is 0 Å². The van der Waals surface area contributed by atoms with Gasteiger partial charge in [-0.25, -0.2) is 0 Å². The maximum atomic E-state index is 8.69. The van der Waals surface area contributed by atoms with E-state index in [1.54, 1.807) is 0 Å². The van der Waals surface area contributed by atoms with E-state index in [0.717, 1.165) is 48.5 Å². The van der Waals surface area contributed by atoms with Gasteiger partial charge in [0.05, 0.1) is 0 Å². The van der Waals surface area contributed by atoms with Crippen LogP contribution in [0.15, 0.2) is 72.8 Å². The molecule has 0 aliphatic rings. The Labute approximate surface area is 203 Å². The molecule has 0 spiro atoms. The second-order valence-electron chi connectivity index (χ2n) is 6.76. The van der Waals surface area contributed by atoms with Crippen LogP contribution in [-0.2, 0) is 0 Å². The fraction of sp³-hybridized carbons (Fsp3) is 0. The standard InChI is InChI=1S/4C6H6O3/c2*7-4-1-5(8)3-6(9)2-4;2*7-4-1-2-5(8)6(9)3-4/h4*1-3,7-9H. The third-order valence-corrected chi connectivity index (χ3v) is 3.69. The molecule has 4 rings (SSSR count). The SMILES string of the molecule is Oc1cc(O)cc(O)c1.Oc1cc(O)cc(O)c1.Oc1ccc(O)c(O)c1.Oc1ccc(O)c(O)c1. The van der Waals surface area contributed by atoms with Crippen molar-refractivity contribution in [3.05, 3.63) is 72.8 Å². The van der Waals surface area contributed by atoms with Gasteiger partial charge in [-0.2, -0.15) is 0 Å². The first-order valence-corrected chi connectivity index (χ1v) is 9.62. The minimum absolute atomic E-state index is 0.0645. The molecule has 12 nitrogen and oxygen atoms in total. The first-order chi connectivity index (χ1) is 16.8. The second kappa shape index (κ2) is 13.3. The molecule has 0 aliphatic carbocycles. The Bertz CT molecular complexity index is 1070. The van der Waals surface area contributed by atoms with Crippen LogP contribution in [0.25, 0.3) is 0 Å². The summed E-state index contributed by atoms with van der Waals surface area (Å²) < 4.78 is 0. The zero-order valence-electron chi connectivity index (χ0n) is 18.3. The largest absolute Gasteiger partial charge is 0.508 e. The van der Waals surface area contributed by atoms with Crippen molar-refractivity contribution in [2.75, 3.05) is 0 Å². The molecule has 0 aromatic heterocycles. The maximum absolute atomic E-state index is 8.69. The number of rotatable bonds is 0. The lowest BCUT2D eigenvalue weighted by Crippen LogP contribution is -1.66. The van der Waals surface area contributed by atoms with Crippen molar-refractivity contribution in [2.24, 2.45) is 0 Å². The maximum Gasteiger partial charge on any atom is 0.161 e. The first kappa shape index (κ1) is 28.5. The summed E-state index contributed by atoms with van der Waals surface area (Å²) in [5.74, 6) is -2.08. The Kier molecular flexibility index (Phi) is 10.5. The summed E-state index contributed by atoms with van der Waals surface area (Å²) in [6.07, 6.45) is 0. The summed E-state index contributed by atoms with van der Waals surface area (Å²) in [5.41, 5.74) is 0. The Morgan fingerprint density at radius 3 is 0.611 bits per heavy atom. The quantitative estimate of drug-likeness (QED) is 0.122. The molecule has 4 aromatic rings. The van der Waals surface area contributed by atoms with Crippen molar-refractivity contribution in [2.45, 2.75) is 0 Å². The highest BCUT2D eigenvalue weighted by Gasteiger charge is 1.98. The van der Waals surface area contributed by atoms with E-state index in [-0.39, 0.29) is 69.0 Å². The lowest BCUT2D eigenvalue weighted by Gasteiger charge is -1.95. The number of phenols is 12. The van der Waals surface area contributed by atoms with E-state index in [1.165, 1.54) is 24.3 Å². The Hall–Kier alpha value is -5.52. The molecule has 0 saturated carbocycles. The van der Waals surface area contributed by atoms with Gasteiger partial charge in [-0.1, -0.05) is 0 Å². The van der Waals surface area contributed by atoms with E-state index in [1.807, 2.05) is 0 Å². The topological polar surface area (TPSA) is 243 Å². The van der Waals surface area contributed by atoms with Gasteiger partial charge in [0.2, 0.25) is 0 Å². The number of phenolic OH excluding ortho intramolecular Hbond substituents is 12. The molecule has 0 aliphatic heterocycles. The van der Waals surface area contributed by atoms with E-state index in [0.29, 0.717) is 0 Å². The molecule has 0 unspecified atom stereocenters. The lowest BCUT2D eigenvalue weighted by atomic mass is 10.3. The van der Waals surface area contributed by atoms with Gasteiger partial charge in [-0.05, 0) is 24.3 Å². The number of hydrogen-bond donors (Lipinski definition) is 12. The van der Waals surface area contributed by atoms with Crippen LogP contribution in [0.2, 0.25) is 0 Å². The van der Waals surface area contributed by atoms with Crippen LogP contribution in [0, 0.1) is 0 Å². The molecule has 12 heteroatoms. The van der Waals surface area contributed by atoms with Crippen LogP contribution in [0.1, 0.15) is 0 Å². The molecular formula is C24H24O12. The number of benzene rings is 4. The zero-order valence-corrected chi connectivity index (χ0v) is 18.3. The third-order valence-electron chi connectivity index (χ3n) is 3.69. The zero-order chi connectivity index (χ0) is 27.4. The molecule has 0 amide bonds. The molecule has 0 fully saturated rings. The van der Waals surface area contributed by atoms with Gasteiger partial charge in [-0.15, -0.1) is 0 Å². The molecule has 0 bridgehead atoms. The fourth-order valence-electron chi connectivity index (χ4n) is 2.18. The smallest absolute Gasteiger partial charge is 0.161 e. The van der Waals surface area contributed by atoms with Gasteiger partial charge in [0.15, 0.2) is 23.0 Å². The molecule has 0 saturated heterocycles. The van der Waals surface area contributed by atoms with Crippen LogP contribution < -0.4 is 0 Å². The Balaban J connectivity index is 0.000000240. The van der Waals surface area contributed by atoms with Gasteiger partial charge < -0.3 is 61.3 Å². The number of hydrogen-bond acceptors (Lipinski definition) is 12. The average Bonchev–Trinajstić information content (AvgIpc) is 2.73. The fourth-order valence-corrected chi connectivity index (χ4v) is 2.18. The van der Waals surface area contributed by atoms with Crippen molar-refractivity contribution in [1.29, 1.82) is 0 Å². The third kappa shape index (κ3) is 10.9. The summed E-state index contributed by atoms with van der Waals surface area (Å²) in [4.78, 5) is 0. The first-order valence-electron chi connectivity index (χ1n) is 9.62. The molecular weight excluding hydrogens is 480 g/mol. The molecule has 0 atom stereocenters. The monoisotopic (exact) mass is 504 g/mol. The second-order valence-corrected chi connectivity index (χ2v) is 6.76. The van der Waals surface area contributed by atoms with Gasteiger partial charge in [0, 0.05) is 48.5 Å². The summed E-state index contributed by atoms with van der Waals surface area (Å²) in [5, 5.41) is 104. The van der Waals surface area contributed by atoms with Crippen molar-refractivity contribution in [1.82, 2.24) is 0 Å². The van der Waals surface area contributed by atoms with Crippen molar-refractivity contribution < 1.29 is 61.3 Å². The summed E-state index contributed by atoms with van der Waals surface area (Å²) in [6, 6.07) is 14.0. The lowest BCUT2D eigenvalue weighted by molar-refractivity contribution is 0.396. The van der Waals surface area contributed by atoms with Crippen LogP contribution >= 0.6 is 0 Å². The molecule has 0 radical (unpaired) electrons. The van der Waals surface area contributed by atoms with Crippen LogP contribution in [0.3, 0.4) is 0 Å². The summed E-state index contributed by atoms with van der Waals surface area (Å²) in [6.45, 7) is 0. The van der Waals surface area contributed by atoms with Crippen LogP contribution in [-0.4, -0.2) is 61.3 Å².